The van der Waals surface area contributed by atoms with Gasteiger partial charge in [-0.3, -0.25) is 4.79 Å². The molecule has 0 atom stereocenters. The third-order valence-electron chi connectivity index (χ3n) is 4.17. The zero-order chi connectivity index (χ0) is 16.4. The molecule has 4 nitrogen and oxygen atoms in total. The van der Waals surface area contributed by atoms with E-state index in [1.54, 1.807) is 0 Å². The van der Waals surface area contributed by atoms with E-state index in [0.29, 0.717) is 12.1 Å². The molecule has 0 saturated carbocycles. The predicted octanol–water partition coefficient (Wildman–Crippen LogP) is 3.54. The SMILES string of the molecule is O=C(NCCc1ccc2c(c1)OCO2)c1cccc2ccccc12. The summed E-state index contributed by atoms with van der Waals surface area (Å²) in [7, 11) is 0. The van der Waals surface area contributed by atoms with Gasteiger partial charge in [-0.2, -0.15) is 0 Å². The summed E-state index contributed by atoms with van der Waals surface area (Å²) in [6, 6.07) is 19.6. The van der Waals surface area contributed by atoms with Crippen LogP contribution in [-0.2, 0) is 6.42 Å². The van der Waals surface area contributed by atoms with E-state index in [-0.39, 0.29) is 12.7 Å². The number of fused-ring (bicyclic) bond motifs is 2. The zero-order valence-electron chi connectivity index (χ0n) is 13.1. The highest BCUT2D eigenvalue weighted by molar-refractivity contribution is 6.06. The standard InChI is InChI=1S/C20H17NO3/c22-20(17-7-3-5-15-4-1-2-6-16(15)17)21-11-10-14-8-9-18-19(12-14)24-13-23-18/h1-9,12H,10-11,13H2,(H,21,22). The van der Waals surface area contributed by atoms with Crippen LogP contribution in [0.5, 0.6) is 11.5 Å². The Kier molecular flexibility index (Phi) is 3.79. The summed E-state index contributed by atoms with van der Waals surface area (Å²) in [5.74, 6) is 1.50. The van der Waals surface area contributed by atoms with Crippen molar-refractivity contribution in [1.29, 1.82) is 0 Å². The first-order chi connectivity index (χ1) is 11.8. The number of carbonyl (C=O) groups is 1. The van der Waals surface area contributed by atoms with Crippen LogP contribution in [0.2, 0.25) is 0 Å². The van der Waals surface area contributed by atoms with Crippen molar-refractivity contribution in [2.24, 2.45) is 0 Å². The van der Waals surface area contributed by atoms with Gasteiger partial charge in [0.1, 0.15) is 0 Å². The fourth-order valence-corrected chi connectivity index (χ4v) is 2.94. The van der Waals surface area contributed by atoms with Gasteiger partial charge < -0.3 is 14.8 Å². The molecular formula is C20H17NO3. The van der Waals surface area contributed by atoms with Crippen molar-refractivity contribution in [3.8, 4) is 11.5 Å². The fourth-order valence-electron chi connectivity index (χ4n) is 2.94. The molecular weight excluding hydrogens is 302 g/mol. The van der Waals surface area contributed by atoms with Crippen molar-refractivity contribution < 1.29 is 14.3 Å². The third-order valence-corrected chi connectivity index (χ3v) is 4.17. The molecule has 1 aliphatic rings. The number of nitrogens with one attached hydrogen (secondary N) is 1. The van der Waals surface area contributed by atoms with Gasteiger partial charge in [0.25, 0.3) is 5.91 Å². The maximum atomic E-state index is 12.5. The monoisotopic (exact) mass is 319 g/mol. The smallest absolute Gasteiger partial charge is 0.251 e. The molecule has 0 aromatic heterocycles. The molecule has 0 saturated heterocycles. The number of hydrogen-bond donors (Lipinski definition) is 1. The van der Waals surface area contributed by atoms with Gasteiger partial charge in [-0.25, -0.2) is 0 Å². The van der Waals surface area contributed by atoms with E-state index in [2.05, 4.69) is 5.32 Å². The topological polar surface area (TPSA) is 47.6 Å². The Labute approximate surface area is 140 Å². The summed E-state index contributed by atoms with van der Waals surface area (Å²) in [5.41, 5.74) is 1.82. The Morgan fingerprint density at radius 3 is 2.75 bits per heavy atom. The van der Waals surface area contributed by atoms with Crippen LogP contribution in [0.25, 0.3) is 10.8 Å². The van der Waals surface area contributed by atoms with Crippen LogP contribution in [0, 0.1) is 0 Å². The van der Waals surface area contributed by atoms with E-state index >= 15 is 0 Å². The number of hydrogen-bond acceptors (Lipinski definition) is 3. The molecule has 120 valence electrons. The normalized spacial score (nSPS) is 12.3. The first-order valence-corrected chi connectivity index (χ1v) is 7.96. The third kappa shape index (κ3) is 2.78. The van der Waals surface area contributed by atoms with Crippen LogP contribution in [0.15, 0.2) is 60.7 Å². The second-order valence-corrected chi connectivity index (χ2v) is 5.72. The molecule has 1 N–H and O–H groups in total. The molecule has 4 heteroatoms. The van der Waals surface area contributed by atoms with Gasteiger partial charge in [0.15, 0.2) is 11.5 Å². The van der Waals surface area contributed by atoms with Gasteiger partial charge in [-0.15, -0.1) is 0 Å². The van der Waals surface area contributed by atoms with Gasteiger partial charge >= 0.3 is 0 Å². The minimum atomic E-state index is -0.0486. The number of carbonyl (C=O) groups excluding carboxylic acids is 1. The van der Waals surface area contributed by atoms with Crippen molar-refractivity contribution in [1.82, 2.24) is 5.32 Å². The Bertz CT molecular complexity index is 899. The van der Waals surface area contributed by atoms with E-state index in [4.69, 9.17) is 9.47 Å². The molecule has 0 bridgehead atoms. The highest BCUT2D eigenvalue weighted by atomic mass is 16.7. The molecule has 1 aliphatic heterocycles. The fraction of sp³-hybridized carbons (Fsp3) is 0.150. The number of benzene rings is 3. The van der Waals surface area contributed by atoms with Gasteiger partial charge in [0.05, 0.1) is 0 Å². The van der Waals surface area contributed by atoms with Crippen LogP contribution < -0.4 is 14.8 Å². The van der Waals surface area contributed by atoms with E-state index in [9.17, 15) is 4.79 Å². The minimum absolute atomic E-state index is 0.0486. The molecule has 0 aliphatic carbocycles. The highest BCUT2D eigenvalue weighted by Gasteiger charge is 2.13. The summed E-state index contributed by atoms with van der Waals surface area (Å²) < 4.78 is 10.7. The van der Waals surface area contributed by atoms with Crippen LogP contribution >= 0.6 is 0 Å². The molecule has 0 radical (unpaired) electrons. The highest BCUT2D eigenvalue weighted by Crippen LogP contribution is 2.32. The Hall–Kier alpha value is -3.01. The number of ether oxygens (including phenoxy) is 2. The Morgan fingerprint density at radius 2 is 1.79 bits per heavy atom. The van der Waals surface area contributed by atoms with Gasteiger partial charge in [-0.1, -0.05) is 42.5 Å². The van der Waals surface area contributed by atoms with Gasteiger partial charge in [0.2, 0.25) is 6.79 Å². The molecule has 3 aromatic carbocycles. The van der Waals surface area contributed by atoms with Crippen molar-refractivity contribution >= 4 is 16.7 Å². The maximum Gasteiger partial charge on any atom is 0.251 e. The first-order valence-electron chi connectivity index (χ1n) is 7.96. The van der Waals surface area contributed by atoms with Crippen LogP contribution in [0.4, 0.5) is 0 Å². The minimum Gasteiger partial charge on any atom is -0.454 e. The zero-order valence-corrected chi connectivity index (χ0v) is 13.1. The van der Waals surface area contributed by atoms with Crippen LogP contribution in [0.1, 0.15) is 15.9 Å². The average Bonchev–Trinajstić information content (AvgIpc) is 3.09. The number of amides is 1. The molecule has 0 fully saturated rings. The summed E-state index contributed by atoms with van der Waals surface area (Å²) in [6.07, 6.45) is 0.743. The maximum absolute atomic E-state index is 12.5. The largest absolute Gasteiger partial charge is 0.454 e. The van der Waals surface area contributed by atoms with E-state index in [1.165, 1.54) is 0 Å². The Balaban J connectivity index is 1.43. The van der Waals surface area contributed by atoms with Gasteiger partial charge in [-0.05, 0) is 41.0 Å². The second kappa shape index (κ2) is 6.24. The van der Waals surface area contributed by atoms with E-state index in [1.807, 2.05) is 60.7 Å². The molecule has 1 amide bonds. The summed E-state index contributed by atoms with van der Waals surface area (Å²) in [5, 5.41) is 5.04. The molecule has 3 aromatic rings. The lowest BCUT2D eigenvalue weighted by atomic mass is 10.0. The van der Waals surface area contributed by atoms with Crippen molar-refractivity contribution in [3.05, 3.63) is 71.8 Å². The molecule has 4 rings (SSSR count). The summed E-state index contributed by atoms with van der Waals surface area (Å²) >= 11 is 0. The Morgan fingerprint density at radius 1 is 0.958 bits per heavy atom. The lowest BCUT2D eigenvalue weighted by Gasteiger charge is -2.08. The summed E-state index contributed by atoms with van der Waals surface area (Å²) in [6.45, 7) is 0.846. The number of rotatable bonds is 4. The van der Waals surface area contributed by atoms with Crippen molar-refractivity contribution in [3.63, 3.8) is 0 Å². The van der Waals surface area contributed by atoms with E-state index in [0.717, 1.165) is 34.3 Å². The van der Waals surface area contributed by atoms with Gasteiger partial charge in [0, 0.05) is 12.1 Å². The van der Waals surface area contributed by atoms with E-state index < -0.39 is 0 Å². The van der Waals surface area contributed by atoms with Crippen molar-refractivity contribution in [2.75, 3.05) is 13.3 Å². The second-order valence-electron chi connectivity index (χ2n) is 5.72. The molecule has 0 unspecified atom stereocenters. The quantitative estimate of drug-likeness (QED) is 0.800. The lowest BCUT2D eigenvalue weighted by molar-refractivity contribution is 0.0956. The molecule has 1 heterocycles. The first kappa shape index (κ1) is 14.6. The molecule has 24 heavy (non-hydrogen) atoms. The summed E-state index contributed by atoms with van der Waals surface area (Å²) in [4.78, 5) is 12.5. The predicted molar refractivity (Wildman–Crippen MR) is 92.6 cm³/mol. The average molecular weight is 319 g/mol. The molecule has 0 spiro atoms. The van der Waals surface area contributed by atoms with Crippen molar-refractivity contribution in [2.45, 2.75) is 6.42 Å². The lowest BCUT2D eigenvalue weighted by Crippen LogP contribution is -2.25. The van der Waals surface area contributed by atoms with Crippen LogP contribution in [-0.4, -0.2) is 19.2 Å². The van der Waals surface area contributed by atoms with Crippen LogP contribution in [0.3, 0.4) is 0 Å².